The van der Waals surface area contributed by atoms with Crippen molar-refractivity contribution >= 4 is 36.0 Å². The minimum absolute atomic E-state index is 0.277. The molecule has 0 saturated carbocycles. The first kappa shape index (κ1) is 14.7. The van der Waals surface area contributed by atoms with Gasteiger partial charge in [-0.15, -0.1) is 12.6 Å². The summed E-state index contributed by atoms with van der Waals surface area (Å²) in [5.74, 6) is 0.564. The Morgan fingerprint density at radius 3 is 2.85 bits per heavy atom. The molecule has 0 atom stereocenters. The number of aliphatic imine (C=N–C) groups is 1. The Kier molecular flexibility index (Phi) is 4.85. The normalized spacial score (nSPS) is 9.95. The summed E-state index contributed by atoms with van der Waals surface area (Å²) < 4.78 is 5.69. The van der Waals surface area contributed by atoms with Gasteiger partial charge in [0.25, 0.3) is 0 Å². The maximum atomic E-state index is 10.4. The molecule has 0 spiro atoms. The molecule has 2 rings (SSSR count). The molecule has 0 fully saturated rings. The second kappa shape index (κ2) is 6.62. The summed E-state index contributed by atoms with van der Waals surface area (Å²) in [5, 5.41) is 0.492. The lowest BCUT2D eigenvalue weighted by atomic mass is 10.1. The molecule has 0 saturated heterocycles. The Labute approximate surface area is 127 Å². The van der Waals surface area contributed by atoms with Crippen LogP contribution in [0, 0.1) is 6.92 Å². The number of carbonyl (C=O) groups excluding carboxylic acids is 1. The number of nitrogens with zero attached hydrogens (tertiary/aromatic N) is 1. The highest BCUT2D eigenvalue weighted by Crippen LogP contribution is 2.29. The third-order valence-electron chi connectivity index (χ3n) is 2.84. The molecule has 3 nitrogen and oxygen atoms in total. The van der Waals surface area contributed by atoms with E-state index in [1.165, 1.54) is 0 Å². The van der Waals surface area contributed by atoms with Gasteiger partial charge >= 0.3 is 0 Å². The molecule has 0 bridgehead atoms. The standard InChI is InChI=1S/C15H12ClNO2S/c1-10-3-2-4-14(17-9-18)12(10)8-19-15-6-5-11(20)7-13(15)16/h2-7,20H,8H2,1H3. The summed E-state index contributed by atoms with van der Waals surface area (Å²) in [5.41, 5.74) is 2.38. The van der Waals surface area contributed by atoms with Crippen molar-refractivity contribution in [2.75, 3.05) is 0 Å². The molecule has 0 aliphatic rings. The molecule has 0 amide bonds. The number of rotatable bonds is 4. The van der Waals surface area contributed by atoms with Crippen LogP contribution in [0.1, 0.15) is 11.1 Å². The van der Waals surface area contributed by atoms with Crippen molar-refractivity contribution < 1.29 is 9.53 Å². The van der Waals surface area contributed by atoms with Gasteiger partial charge in [0.1, 0.15) is 12.4 Å². The smallest absolute Gasteiger partial charge is 0.240 e. The van der Waals surface area contributed by atoms with Crippen LogP contribution in [-0.4, -0.2) is 6.08 Å². The van der Waals surface area contributed by atoms with Crippen molar-refractivity contribution in [2.45, 2.75) is 18.4 Å². The van der Waals surface area contributed by atoms with E-state index in [0.29, 0.717) is 16.5 Å². The molecule has 0 N–H and O–H groups in total. The first-order chi connectivity index (χ1) is 9.61. The SMILES string of the molecule is Cc1cccc(N=C=O)c1COc1ccc(S)cc1Cl. The van der Waals surface area contributed by atoms with Crippen LogP contribution in [0.15, 0.2) is 46.3 Å². The van der Waals surface area contributed by atoms with Crippen molar-refractivity contribution in [1.82, 2.24) is 0 Å². The van der Waals surface area contributed by atoms with Gasteiger partial charge in [-0.3, -0.25) is 0 Å². The molecule has 0 heterocycles. The summed E-state index contributed by atoms with van der Waals surface area (Å²) >= 11 is 10.3. The molecule has 20 heavy (non-hydrogen) atoms. The molecule has 2 aromatic carbocycles. The zero-order valence-electron chi connectivity index (χ0n) is 10.8. The van der Waals surface area contributed by atoms with Gasteiger partial charge in [-0.2, -0.15) is 4.99 Å². The van der Waals surface area contributed by atoms with Crippen molar-refractivity contribution in [2.24, 2.45) is 4.99 Å². The van der Waals surface area contributed by atoms with Crippen molar-refractivity contribution in [1.29, 1.82) is 0 Å². The molecule has 0 unspecified atom stereocenters. The lowest BCUT2D eigenvalue weighted by molar-refractivity contribution is 0.306. The Hall–Kier alpha value is -1.74. The molecule has 0 aliphatic heterocycles. The summed E-state index contributed by atoms with van der Waals surface area (Å²) in [7, 11) is 0. The third kappa shape index (κ3) is 3.42. The van der Waals surface area contributed by atoms with E-state index in [2.05, 4.69) is 17.6 Å². The predicted octanol–water partition coefficient (Wildman–Crippen LogP) is 4.48. The zero-order valence-corrected chi connectivity index (χ0v) is 12.4. The second-order valence-electron chi connectivity index (χ2n) is 4.18. The number of benzene rings is 2. The topological polar surface area (TPSA) is 38.7 Å². The number of thiol groups is 1. The zero-order chi connectivity index (χ0) is 14.5. The quantitative estimate of drug-likeness (QED) is 0.514. The molecule has 0 aromatic heterocycles. The average Bonchev–Trinajstić information content (AvgIpc) is 2.40. The van der Waals surface area contributed by atoms with E-state index < -0.39 is 0 Å². The van der Waals surface area contributed by atoms with Crippen LogP contribution in [0.3, 0.4) is 0 Å². The first-order valence-corrected chi connectivity index (χ1v) is 6.72. The van der Waals surface area contributed by atoms with Crippen LogP contribution < -0.4 is 4.74 Å². The van der Waals surface area contributed by atoms with Crippen molar-refractivity contribution in [3.05, 3.63) is 52.5 Å². The fraction of sp³-hybridized carbons (Fsp3) is 0.133. The van der Waals surface area contributed by atoms with Crippen molar-refractivity contribution in [3.63, 3.8) is 0 Å². The molecule has 2 aromatic rings. The lowest BCUT2D eigenvalue weighted by Gasteiger charge is -2.12. The minimum Gasteiger partial charge on any atom is -0.487 e. The van der Waals surface area contributed by atoms with Crippen LogP contribution in [-0.2, 0) is 11.4 Å². The van der Waals surface area contributed by atoms with E-state index in [-0.39, 0.29) is 6.61 Å². The molecular weight excluding hydrogens is 294 g/mol. The van der Waals surface area contributed by atoms with E-state index in [0.717, 1.165) is 16.0 Å². The van der Waals surface area contributed by atoms with Gasteiger partial charge in [0.2, 0.25) is 6.08 Å². The highest BCUT2D eigenvalue weighted by molar-refractivity contribution is 7.80. The van der Waals surface area contributed by atoms with Crippen LogP contribution in [0.25, 0.3) is 0 Å². The molecule has 0 aliphatic carbocycles. The van der Waals surface area contributed by atoms with Crippen LogP contribution in [0.2, 0.25) is 5.02 Å². The number of isocyanates is 1. The highest BCUT2D eigenvalue weighted by atomic mass is 35.5. The fourth-order valence-corrected chi connectivity index (χ4v) is 2.30. The number of ether oxygens (including phenoxy) is 1. The molecular formula is C15H12ClNO2S. The van der Waals surface area contributed by atoms with Crippen LogP contribution >= 0.6 is 24.2 Å². The van der Waals surface area contributed by atoms with E-state index in [4.69, 9.17) is 16.3 Å². The van der Waals surface area contributed by atoms with Gasteiger partial charge in [0.05, 0.1) is 10.7 Å². The fourth-order valence-electron chi connectivity index (χ4n) is 1.79. The third-order valence-corrected chi connectivity index (χ3v) is 3.41. The van der Waals surface area contributed by atoms with Gasteiger partial charge in [-0.25, -0.2) is 4.79 Å². The largest absolute Gasteiger partial charge is 0.487 e. The number of hydrogen-bond acceptors (Lipinski definition) is 4. The highest BCUT2D eigenvalue weighted by Gasteiger charge is 2.08. The van der Waals surface area contributed by atoms with Gasteiger partial charge in [-0.1, -0.05) is 23.7 Å². The Bertz CT molecular complexity index is 682. The molecule has 5 heteroatoms. The number of halogens is 1. The Morgan fingerprint density at radius 2 is 2.15 bits per heavy atom. The van der Waals surface area contributed by atoms with Crippen molar-refractivity contribution in [3.8, 4) is 5.75 Å². The maximum absolute atomic E-state index is 10.4. The van der Waals surface area contributed by atoms with E-state index in [9.17, 15) is 4.79 Å². The van der Waals surface area contributed by atoms with Gasteiger partial charge in [0, 0.05) is 10.5 Å². The molecule has 0 radical (unpaired) electrons. The average molecular weight is 306 g/mol. The summed E-state index contributed by atoms with van der Waals surface area (Å²) in [4.78, 5) is 14.9. The van der Waals surface area contributed by atoms with E-state index in [1.807, 2.05) is 19.1 Å². The van der Waals surface area contributed by atoms with Gasteiger partial charge < -0.3 is 4.74 Å². The van der Waals surface area contributed by atoms with E-state index >= 15 is 0 Å². The summed E-state index contributed by atoms with van der Waals surface area (Å²) in [6.07, 6.45) is 1.55. The minimum atomic E-state index is 0.277. The van der Waals surface area contributed by atoms with Crippen LogP contribution in [0.4, 0.5) is 5.69 Å². The van der Waals surface area contributed by atoms with Gasteiger partial charge in [-0.05, 0) is 36.8 Å². The second-order valence-corrected chi connectivity index (χ2v) is 5.10. The maximum Gasteiger partial charge on any atom is 0.240 e. The lowest BCUT2D eigenvalue weighted by Crippen LogP contribution is -1.99. The van der Waals surface area contributed by atoms with Gasteiger partial charge in [0.15, 0.2) is 0 Å². The number of aryl methyl sites for hydroxylation is 1. The summed E-state index contributed by atoms with van der Waals surface area (Å²) in [6.45, 7) is 2.21. The Balaban J connectivity index is 2.24. The monoisotopic (exact) mass is 305 g/mol. The summed E-state index contributed by atoms with van der Waals surface area (Å²) in [6, 6.07) is 10.8. The van der Waals surface area contributed by atoms with Crippen LogP contribution in [0.5, 0.6) is 5.75 Å². The predicted molar refractivity (Wildman–Crippen MR) is 82.0 cm³/mol. The Morgan fingerprint density at radius 1 is 1.35 bits per heavy atom. The van der Waals surface area contributed by atoms with E-state index in [1.54, 1.807) is 30.3 Å². The molecule has 102 valence electrons. The first-order valence-electron chi connectivity index (χ1n) is 5.89. The number of hydrogen-bond donors (Lipinski definition) is 1.